The minimum Gasteiger partial charge on any atom is -0.508 e. The van der Waals surface area contributed by atoms with Crippen LogP contribution in [0.4, 0.5) is 11.4 Å². The first-order valence-corrected chi connectivity index (χ1v) is 12.3. The molecule has 1 fully saturated rings. The van der Waals surface area contributed by atoms with Crippen LogP contribution in [0, 0.1) is 0 Å². The standard InChI is InChI=1S/C30H28N4O4/c35-24-17-9-7-15-22(24)28-27(30(38)32-21-13-5-2-6-14-21)33-29(23-16-8-10-18-25(23)36)34(28)19-26(37)31-20-11-3-1-4-12-20/h1-18,27-29,33,35-36H,19H2,(H,31,37)(H,32,38)/t27-,28+,29-/m0/s1. The molecule has 1 saturated heterocycles. The van der Waals surface area contributed by atoms with Crippen molar-refractivity contribution in [2.24, 2.45) is 0 Å². The van der Waals surface area contributed by atoms with E-state index >= 15 is 0 Å². The predicted octanol–water partition coefficient (Wildman–Crippen LogP) is 4.39. The Kier molecular flexibility index (Phi) is 7.35. The van der Waals surface area contributed by atoms with Crippen LogP contribution in [0.1, 0.15) is 23.3 Å². The van der Waals surface area contributed by atoms with E-state index < -0.39 is 18.2 Å². The molecule has 8 nitrogen and oxygen atoms in total. The van der Waals surface area contributed by atoms with E-state index in [1.54, 1.807) is 77.7 Å². The fraction of sp³-hybridized carbons (Fsp3) is 0.133. The first kappa shape index (κ1) is 25.0. The van der Waals surface area contributed by atoms with Crippen LogP contribution in [0.3, 0.4) is 0 Å². The Morgan fingerprint density at radius 2 is 1.18 bits per heavy atom. The normalized spacial score (nSPS) is 19.1. The minimum absolute atomic E-state index is 0.00297. The van der Waals surface area contributed by atoms with Crippen molar-refractivity contribution in [3.8, 4) is 11.5 Å². The molecule has 2 amide bonds. The van der Waals surface area contributed by atoms with Crippen LogP contribution in [0.2, 0.25) is 0 Å². The number of carbonyl (C=O) groups is 2. The van der Waals surface area contributed by atoms with Crippen LogP contribution < -0.4 is 16.0 Å². The van der Waals surface area contributed by atoms with Gasteiger partial charge in [0.1, 0.15) is 17.5 Å². The van der Waals surface area contributed by atoms with Crippen LogP contribution in [0.15, 0.2) is 109 Å². The lowest BCUT2D eigenvalue weighted by molar-refractivity contribution is -0.120. The van der Waals surface area contributed by atoms with E-state index in [0.717, 1.165) is 0 Å². The second-order valence-corrected chi connectivity index (χ2v) is 9.05. The Morgan fingerprint density at radius 3 is 1.76 bits per heavy atom. The Hall–Kier alpha value is -4.66. The molecule has 4 aromatic carbocycles. The van der Waals surface area contributed by atoms with Gasteiger partial charge in [-0.3, -0.25) is 19.8 Å². The molecule has 0 unspecified atom stereocenters. The first-order valence-electron chi connectivity index (χ1n) is 12.3. The molecule has 3 atom stereocenters. The summed E-state index contributed by atoms with van der Waals surface area (Å²) >= 11 is 0. The van der Waals surface area contributed by atoms with E-state index in [2.05, 4.69) is 16.0 Å². The van der Waals surface area contributed by atoms with E-state index in [4.69, 9.17) is 0 Å². The number of carbonyl (C=O) groups excluding carboxylic acids is 2. The average Bonchev–Trinajstić information content (AvgIpc) is 3.29. The highest BCUT2D eigenvalue weighted by Crippen LogP contribution is 2.43. The Balaban J connectivity index is 1.55. The van der Waals surface area contributed by atoms with Crippen molar-refractivity contribution >= 4 is 23.2 Å². The third-order valence-corrected chi connectivity index (χ3v) is 6.54. The van der Waals surface area contributed by atoms with Gasteiger partial charge in [0, 0.05) is 22.5 Å². The second-order valence-electron chi connectivity index (χ2n) is 9.05. The van der Waals surface area contributed by atoms with Gasteiger partial charge in [0.2, 0.25) is 11.8 Å². The number of para-hydroxylation sites is 4. The average molecular weight is 509 g/mol. The van der Waals surface area contributed by atoms with E-state index in [1.807, 2.05) is 36.4 Å². The SMILES string of the molecule is O=C(CN1[C@@H](c2ccccc2O)N[C@H](C(=O)Nc2ccccc2)[C@H]1c1ccccc1O)Nc1ccccc1. The van der Waals surface area contributed by atoms with Gasteiger partial charge in [-0.05, 0) is 36.4 Å². The highest BCUT2D eigenvalue weighted by molar-refractivity contribution is 5.96. The van der Waals surface area contributed by atoms with Gasteiger partial charge in [-0.1, -0.05) is 72.8 Å². The Bertz CT molecular complexity index is 1410. The number of hydrogen-bond donors (Lipinski definition) is 5. The van der Waals surface area contributed by atoms with E-state index in [9.17, 15) is 19.8 Å². The van der Waals surface area contributed by atoms with Crippen LogP contribution in [0.25, 0.3) is 0 Å². The fourth-order valence-corrected chi connectivity index (χ4v) is 4.83. The summed E-state index contributed by atoms with van der Waals surface area (Å²) in [6, 6.07) is 30.1. The number of phenolic OH excluding ortho intramolecular Hbond substituents is 2. The van der Waals surface area contributed by atoms with Gasteiger partial charge in [0.25, 0.3) is 0 Å². The maximum Gasteiger partial charge on any atom is 0.243 e. The number of phenols is 2. The summed E-state index contributed by atoms with van der Waals surface area (Å²) < 4.78 is 0. The van der Waals surface area contributed by atoms with Gasteiger partial charge in [0.05, 0.1) is 18.8 Å². The van der Waals surface area contributed by atoms with Gasteiger partial charge in [-0.15, -0.1) is 0 Å². The molecule has 5 rings (SSSR count). The first-order chi connectivity index (χ1) is 18.5. The molecule has 0 radical (unpaired) electrons. The number of anilines is 2. The molecule has 0 spiro atoms. The van der Waals surface area contributed by atoms with Crippen molar-refractivity contribution < 1.29 is 19.8 Å². The summed E-state index contributed by atoms with van der Waals surface area (Å²) in [6.07, 6.45) is -0.700. The largest absolute Gasteiger partial charge is 0.508 e. The molecular formula is C30H28N4O4. The van der Waals surface area contributed by atoms with Crippen molar-refractivity contribution in [2.75, 3.05) is 17.2 Å². The summed E-state index contributed by atoms with van der Waals surface area (Å²) in [4.78, 5) is 28.7. The van der Waals surface area contributed by atoms with Crippen molar-refractivity contribution in [1.82, 2.24) is 10.2 Å². The van der Waals surface area contributed by atoms with Crippen molar-refractivity contribution in [1.29, 1.82) is 0 Å². The monoisotopic (exact) mass is 508 g/mol. The van der Waals surface area contributed by atoms with Gasteiger partial charge < -0.3 is 20.8 Å². The molecule has 0 aliphatic carbocycles. The Labute approximate surface area is 220 Å². The zero-order valence-electron chi connectivity index (χ0n) is 20.5. The van der Waals surface area contributed by atoms with Crippen molar-refractivity contribution in [2.45, 2.75) is 18.2 Å². The summed E-state index contributed by atoms with van der Waals surface area (Å²) in [6.45, 7) is -0.116. The van der Waals surface area contributed by atoms with Gasteiger partial charge in [-0.2, -0.15) is 0 Å². The molecule has 8 heteroatoms. The number of amides is 2. The summed E-state index contributed by atoms with van der Waals surface area (Å²) in [5, 5.41) is 30.7. The van der Waals surface area contributed by atoms with Crippen LogP contribution in [-0.2, 0) is 9.59 Å². The van der Waals surface area contributed by atoms with E-state index in [0.29, 0.717) is 22.5 Å². The van der Waals surface area contributed by atoms with Gasteiger partial charge in [0.15, 0.2) is 0 Å². The van der Waals surface area contributed by atoms with Crippen molar-refractivity contribution in [3.63, 3.8) is 0 Å². The molecule has 1 aliphatic heterocycles. The molecule has 0 aromatic heterocycles. The van der Waals surface area contributed by atoms with Crippen LogP contribution in [0.5, 0.6) is 11.5 Å². The maximum absolute atomic E-state index is 13.6. The molecular weight excluding hydrogens is 480 g/mol. The summed E-state index contributed by atoms with van der Waals surface area (Å²) in [7, 11) is 0. The van der Waals surface area contributed by atoms with Crippen molar-refractivity contribution in [3.05, 3.63) is 120 Å². The highest BCUT2D eigenvalue weighted by atomic mass is 16.3. The molecule has 5 N–H and O–H groups in total. The van der Waals surface area contributed by atoms with Gasteiger partial charge in [-0.25, -0.2) is 0 Å². The number of rotatable bonds is 7. The summed E-state index contributed by atoms with van der Waals surface area (Å²) in [5.41, 5.74) is 2.25. The number of aromatic hydroxyl groups is 2. The van der Waals surface area contributed by atoms with Crippen LogP contribution >= 0.6 is 0 Å². The molecule has 0 bridgehead atoms. The van der Waals surface area contributed by atoms with Crippen LogP contribution in [-0.4, -0.2) is 39.5 Å². The smallest absolute Gasteiger partial charge is 0.243 e. The molecule has 4 aromatic rings. The minimum atomic E-state index is -0.863. The lowest BCUT2D eigenvalue weighted by atomic mass is 9.97. The maximum atomic E-state index is 13.6. The zero-order valence-corrected chi connectivity index (χ0v) is 20.5. The quantitative estimate of drug-likeness (QED) is 0.253. The number of benzene rings is 4. The third kappa shape index (κ3) is 5.36. The highest BCUT2D eigenvalue weighted by Gasteiger charge is 2.47. The van der Waals surface area contributed by atoms with E-state index in [1.165, 1.54) is 0 Å². The number of hydrogen-bond acceptors (Lipinski definition) is 6. The van der Waals surface area contributed by atoms with E-state index in [-0.39, 0.29) is 29.9 Å². The lowest BCUT2D eigenvalue weighted by Crippen LogP contribution is -2.40. The predicted molar refractivity (Wildman–Crippen MR) is 145 cm³/mol. The molecule has 192 valence electrons. The summed E-state index contributed by atoms with van der Waals surface area (Å²) in [5.74, 6) is -0.611. The Morgan fingerprint density at radius 1 is 0.684 bits per heavy atom. The molecule has 1 aliphatic rings. The molecule has 0 saturated carbocycles. The number of nitrogens with zero attached hydrogens (tertiary/aromatic N) is 1. The second kappa shape index (κ2) is 11.2. The third-order valence-electron chi connectivity index (χ3n) is 6.54. The zero-order chi connectivity index (χ0) is 26.5. The molecule has 38 heavy (non-hydrogen) atoms. The van der Waals surface area contributed by atoms with Gasteiger partial charge >= 0.3 is 0 Å². The molecule has 1 heterocycles. The number of nitrogens with one attached hydrogen (secondary N) is 3. The lowest BCUT2D eigenvalue weighted by Gasteiger charge is -2.30. The fourth-order valence-electron chi connectivity index (χ4n) is 4.83. The topological polar surface area (TPSA) is 114 Å².